The number of hydrogen-bond acceptors (Lipinski definition) is 5. The van der Waals surface area contributed by atoms with Gasteiger partial charge in [-0.15, -0.1) is 0 Å². The van der Waals surface area contributed by atoms with E-state index in [0.717, 1.165) is 22.3 Å². The summed E-state index contributed by atoms with van der Waals surface area (Å²) in [6.45, 7) is 6.64. The first-order valence-corrected chi connectivity index (χ1v) is 14.2. The zero-order valence-electron chi connectivity index (χ0n) is 24.0. The number of amides is 3. The number of anilines is 1. The standard InChI is InChI=1S/C32H36ClN3O5/c1-19(2)41-28-16-26-21(14-27(28)40-5)15-29(37)36(30(26)20-6-10-24(33)11-7-20)25-12-8-22(9-13-25)32(3,39)23-17-35(18-23)31(38)34-4/h6-14,16,19,23,30,39H,15,17-18H2,1-5H3,(H,34,38)/t30-,32?/m0/s1. The van der Waals surface area contributed by atoms with Crippen LogP contribution < -0.4 is 19.7 Å². The molecule has 3 amide bonds. The molecule has 2 aliphatic rings. The van der Waals surface area contributed by atoms with Crippen molar-refractivity contribution in [3.63, 3.8) is 0 Å². The fourth-order valence-electron chi connectivity index (χ4n) is 5.68. The highest BCUT2D eigenvalue weighted by atomic mass is 35.5. The SMILES string of the molecule is CNC(=O)N1CC(C(C)(O)c2ccc(N3C(=O)Cc4cc(OC)c(OC(C)C)cc4[C@@H]3c3ccc(Cl)cc3)cc2)C1. The van der Waals surface area contributed by atoms with Crippen molar-refractivity contribution in [1.82, 2.24) is 10.2 Å². The number of benzene rings is 3. The second-order valence-corrected chi connectivity index (χ2v) is 11.6. The molecule has 1 unspecified atom stereocenters. The van der Waals surface area contributed by atoms with E-state index < -0.39 is 11.6 Å². The first-order valence-electron chi connectivity index (χ1n) is 13.8. The lowest BCUT2D eigenvalue weighted by atomic mass is 9.78. The minimum Gasteiger partial charge on any atom is -0.493 e. The Morgan fingerprint density at radius 1 is 1.07 bits per heavy atom. The van der Waals surface area contributed by atoms with Crippen molar-refractivity contribution in [2.24, 2.45) is 5.92 Å². The second kappa shape index (κ2) is 11.3. The van der Waals surface area contributed by atoms with Gasteiger partial charge in [-0.05, 0) is 79.4 Å². The van der Waals surface area contributed by atoms with Gasteiger partial charge in [-0.25, -0.2) is 4.79 Å². The van der Waals surface area contributed by atoms with E-state index >= 15 is 0 Å². The van der Waals surface area contributed by atoms with E-state index in [1.165, 1.54) is 0 Å². The number of nitrogens with zero attached hydrogens (tertiary/aromatic N) is 2. The topological polar surface area (TPSA) is 91.3 Å². The Morgan fingerprint density at radius 2 is 1.73 bits per heavy atom. The maximum atomic E-state index is 13.8. The number of nitrogens with one attached hydrogen (secondary N) is 1. The van der Waals surface area contributed by atoms with Crippen LogP contribution in [-0.4, -0.2) is 55.3 Å². The molecular formula is C32H36ClN3O5. The number of aliphatic hydroxyl groups is 1. The number of likely N-dealkylation sites (tertiary alicyclic amines) is 1. The van der Waals surface area contributed by atoms with Gasteiger partial charge in [-0.2, -0.15) is 0 Å². The average Bonchev–Trinajstić information content (AvgIpc) is 2.91. The third-order valence-electron chi connectivity index (χ3n) is 8.04. The molecule has 2 heterocycles. The van der Waals surface area contributed by atoms with Gasteiger partial charge in [0.2, 0.25) is 5.91 Å². The van der Waals surface area contributed by atoms with Gasteiger partial charge >= 0.3 is 6.03 Å². The third-order valence-corrected chi connectivity index (χ3v) is 8.30. The first kappa shape index (κ1) is 28.8. The van der Waals surface area contributed by atoms with Gasteiger partial charge in [0.25, 0.3) is 0 Å². The molecule has 0 bridgehead atoms. The van der Waals surface area contributed by atoms with Gasteiger partial charge in [-0.3, -0.25) is 4.79 Å². The van der Waals surface area contributed by atoms with Gasteiger partial charge in [0.1, 0.15) is 0 Å². The van der Waals surface area contributed by atoms with Crippen molar-refractivity contribution >= 4 is 29.2 Å². The highest BCUT2D eigenvalue weighted by Gasteiger charge is 2.44. The molecular weight excluding hydrogens is 542 g/mol. The van der Waals surface area contributed by atoms with Crippen LogP contribution in [0.4, 0.5) is 10.5 Å². The minimum absolute atomic E-state index is 0.0586. The van der Waals surface area contributed by atoms with E-state index in [2.05, 4.69) is 5.32 Å². The lowest BCUT2D eigenvalue weighted by molar-refractivity contribution is -0.118. The van der Waals surface area contributed by atoms with Crippen molar-refractivity contribution in [3.8, 4) is 11.5 Å². The zero-order valence-corrected chi connectivity index (χ0v) is 24.7. The van der Waals surface area contributed by atoms with Gasteiger partial charge in [0.15, 0.2) is 11.5 Å². The van der Waals surface area contributed by atoms with Crippen molar-refractivity contribution < 1.29 is 24.2 Å². The fraction of sp³-hybridized carbons (Fsp3) is 0.375. The summed E-state index contributed by atoms with van der Waals surface area (Å²) in [6, 6.07) is 18.3. The summed E-state index contributed by atoms with van der Waals surface area (Å²) in [7, 11) is 3.19. The van der Waals surface area contributed by atoms with Crippen molar-refractivity contribution in [2.75, 3.05) is 32.1 Å². The predicted molar refractivity (Wildman–Crippen MR) is 159 cm³/mol. The Labute approximate surface area is 245 Å². The number of fused-ring (bicyclic) bond motifs is 1. The average molecular weight is 578 g/mol. The number of carbonyl (C=O) groups excluding carboxylic acids is 2. The van der Waals surface area contributed by atoms with Crippen LogP contribution >= 0.6 is 11.6 Å². The van der Waals surface area contributed by atoms with Gasteiger partial charge < -0.3 is 29.7 Å². The van der Waals surface area contributed by atoms with Gasteiger partial charge in [0.05, 0.1) is 31.3 Å². The van der Waals surface area contributed by atoms with Crippen LogP contribution in [0.1, 0.15) is 49.1 Å². The molecule has 3 aromatic carbocycles. The molecule has 0 aromatic heterocycles. The third kappa shape index (κ3) is 5.46. The summed E-state index contributed by atoms with van der Waals surface area (Å²) in [4.78, 5) is 29.1. The Balaban J connectivity index is 1.52. The van der Waals surface area contributed by atoms with Crippen LogP contribution in [-0.2, 0) is 16.8 Å². The largest absolute Gasteiger partial charge is 0.493 e. The van der Waals surface area contributed by atoms with E-state index in [1.807, 2.05) is 74.5 Å². The zero-order chi connectivity index (χ0) is 29.5. The number of halogens is 1. The Hall–Kier alpha value is -3.75. The Bertz CT molecular complexity index is 1430. The highest BCUT2D eigenvalue weighted by Crippen LogP contribution is 2.44. The summed E-state index contributed by atoms with van der Waals surface area (Å²) < 4.78 is 11.7. The maximum absolute atomic E-state index is 13.8. The molecule has 0 aliphatic carbocycles. The molecule has 0 saturated carbocycles. The van der Waals surface area contributed by atoms with Crippen LogP contribution in [0.2, 0.25) is 5.02 Å². The number of hydrogen-bond donors (Lipinski definition) is 2. The molecule has 2 aliphatic heterocycles. The van der Waals surface area contributed by atoms with Gasteiger partial charge in [0, 0.05) is 36.8 Å². The van der Waals surface area contributed by atoms with Crippen molar-refractivity contribution in [2.45, 2.75) is 44.9 Å². The molecule has 41 heavy (non-hydrogen) atoms. The van der Waals surface area contributed by atoms with Crippen LogP contribution in [0.15, 0.2) is 60.7 Å². The van der Waals surface area contributed by atoms with E-state index in [-0.39, 0.29) is 30.4 Å². The van der Waals surface area contributed by atoms with Gasteiger partial charge in [-0.1, -0.05) is 35.9 Å². The first-order chi connectivity index (χ1) is 19.5. The number of methoxy groups -OCH3 is 1. The number of ether oxygens (including phenoxy) is 2. The Kier molecular flexibility index (Phi) is 7.90. The number of urea groups is 1. The monoisotopic (exact) mass is 577 g/mol. The minimum atomic E-state index is -1.13. The molecule has 216 valence electrons. The molecule has 1 saturated heterocycles. The summed E-state index contributed by atoms with van der Waals surface area (Å²) in [5.74, 6) is 1.06. The van der Waals surface area contributed by atoms with E-state index in [4.69, 9.17) is 21.1 Å². The molecule has 0 radical (unpaired) electrons. The second-order valence-electron chi connectivity index (χ2n) is 11.1. The summed E-state index contributed by atoms with van der Waals surface area (Å²) >= 11 is 6.23. The summed E-state index contributed by atoms with van der Waals surface area (Å²) in [6.07, 6.45) is 0.144. The number of rotatable bonds is 7. The smallest absolute Gasteiger partial charge is 0.317 e. The molecule has 0 spiro atoms. The lowest BCUT2D eigenvalue weighted by Crippen LogP contribution is -2.59. The fourth-order valence-corrected chi connectivity index (χ4v) is 5.81. The molecule has 8 nitrogen and oxygen atoms in total. The molecule has 1 fully saturated rings. The normalized spacial score (nSPS) is 18.4. The van der Waals surface area contributed by atoms with E-state index in [9.17, 15) is 14.7 Å². The molecule has 2 N–H and O–H groups in total. The van der Waals surface area contributed by atoms with E-state index in [0.29, 0.717) is 35.3 Å². The quantitative estimate of drug-likeness (QED) is 0.398. The van der Waals surface area contributed by atoms with E-state index in [1.54, 1.807) is 30.9 Å². The maximum Gasteiger partial charge on any atom is 0.317 e. The summed E-state index contributed by atoms with van der Waals surface area (Å²) in [5.41, 5.74) is 3.05. The van der Waals surface area contributed by atoms with Crippen molar-refractivity contribution in [1.29, 1.82) is 0 Å². The summed E-state index contributed by atoms with van der Waals surface area (Å²) in [5, 5.41) is 14.6. The predicted octanol–water partition coefficient (Wildman–Crippen LogP) is 5.29. The lowest BCUT2D eigenvalue weighted by Gasteiger charge is -2.46. The van der Waals surface area contributed by atoms with Crippen molar-refractivity contribution in [3.05, 3.63) is 87.9 Å². The molecule has 3 aromatic rings. The molecule has 9 heteroatoms. The molecule has 2 atom stereocenters. The van der Waals surface area contributed by atoms with Crippen LogP contribution in [0.3, 0.4) is 0 Å². The number of carbonyl (C=O) groups is 2. The Morgan fingerprint density at radius 3 is 2.32 bits per heavy atom. The van der Waals surface area contributed by atoms with Crippen LogP contribution in [0.5, 0.6) is 11.5 Å². The molecule has 5 rings (SSSR count). The van der Waals surface area contributed by atoms with Crippen LogP contribution in [0, 0.1) is 5.92 Å². The highest BCUT2D eigenvalue weighted by molar-refractivity contribution is 6.30. The van der Waals surface area contributed by atoms with Crippen LogP contribution in [0.25, 0.3) is 0 Å².